The Morgan fingerprint density at radius 1 is 1.26 bits per heavy atom. The van der Waals surface area contributed by atoms with E-state index in [9.17, 15) is 14.9 Å². The standard InChI is InChI=1S/C18H20BrN3O5/c1-3-27-17-13(19)10-12(11-16(17)26-2)18(23)21-9-8-20-14-6-4-5-7-15(14)22(24)25/h4-7,10-11,20H,3,8-9H2,1-2H3,(H,21,23). The first-order valence-electron chi connectivity index (χ1n) is 8.23. The van der Waals surface area contributed by atoms with E-state index in [1.165, 1.54) is 13.2 Å². The largest absolute Gasteiger partial charge is 0.493 e. The molecule has 0 aliphatic carbocycles. The summed E-state index contributed by atoms with van der Waals surface area (Å²) in [5, 5.41) is 16.7. The van der Waals surface area contributed by atoms with Crippen molar-refractivity contribution in [3.8, 4) is 11.5 Å². The zero-order valence-electron chi connectivity index (χ0n) is 15.0. The number of amides is 1. The van der Waals surface area contributed by atoms with Crippen LogP contribution in [-0.2, 0) is 0 Å². The number of carbonyl (C=O) groups excluding carboxylic acids is 1. The van der Waals surface area contributed by atoms with Crippen molar-refractivity contribution in [3.63, 3.8) is 0 Å². The number of para-hydroxylation sites is 2. The molecule has 2 aromatic rings. The predicted octanol–water partition coefficient (Wildman–Crippen LogP) is 3.61. The highest BCUT2D eigenvalue weighted by Gasteiger charge is 2.15. The lowest BCUT2D eigenvalue weighted by molar-refractivity contribution is -0.384. The van der Waals surface area contributed by atoms with Gasteiger partial charge in [-0.1, -0.05) is 12.1 Å². The van der Waals surface area contributed by atoms with Crippen molar-refractivity contribution in [2.45, 2.75) is 6.92 Å². The van der Waals surface area contributed by atoms with Crippen LogP contribution in [0.5, 0.6) is 11.5 Å². The van der Waals surface area contributed by atoms with E-state index in [2.05, 4.69) is 26.6 Å². The molecule has 0 saturated carbocycles. The van der Waals surface area contributed by atoms with Gasteiger partial charge in [0.1, 0.15) is 5.69 Å². The zero-order chi connectivity index (χ0) is 19.8. The highest BCUT2D eigenvalue weighted by atomic mass is 79.9. The lowest BCUT2D eigenvalue weighted by Crippen LogP contribution is -2.28. The minimum atomic E-state index is -0.454. The number of nitro benzene ring substituents is 1. The summed E-state index contributed by atoms with van der Waals surface area (Å²) in [6.45, 7) is 2.96. The van der Waals surface area contributed by atoms with Crippen LogP contribution in [0.15, 0.2) is 40.9 Å². The molecule has 27 heavy (non-hydrogen) atoms. The third kappa shape index (κ3) is 5.33. The molecule has 0 saturated heterocycles. The third-order valence-corrected chi connectivity index (χ3v) is 4.20. The summed E-state index contributed by atoms with van der Waals surface area (Å²) in [4.78, 5) is 22.9. The first-order chi connectivity index (χ1) is 13.0. The zero-order valence-corrected chi connectivity index (χ0v) is 16.5. The second-order valence-electron chi connectivity index (χ2n) is 5.38. The number of anilines is 1. The van der Waals surface area contributed by atoms with Gasteiger partial charge in [0, 0.05) is 24.7 Å². The van der Waals surface area contributed by atoms with E-state index in [4.69, 9.17) is 9.47 Å². The number of nitrogens with one attached hydrogen (secondary N) is 2. The van der Waals surface area contributed by atoms with E-state index < -0.39 is 4.92 Å². The summed E-state index contributed by atoms with van der Waals surface area (Å²) in [6, 6.07) is 9.60. The quantitative estimate of drug-likeness (QED) is 0.352. The number of nitrogens with zero attached hydrogens (tertiary/aromatic N) is 1. The van der Waals surface area contributed by atoms with Crippen molar-refractivity contribution < 1.29 is 19.2 Å². The van der Waals surface area contributed by atoms with Crippen molar-refractivity contribution in [2.24, 2.45) is 0 Å². The number of rotatable bonds is 9. The van der Waals surface area contributed by atoms with Gasteiger partial charge in [0.15, 0.2) is 11.5 Å². The Kier molecular flexibility index (Phi) is 7.42. The summed E-state index contributed by atoms with van der Waals surface area (Å²) >= 11 is 3.38. The molecule has 0 spiro atoms. The summed E-state index contributed by atoms with van der Waals surface area (Å²) in [5.74, 6) is 0.699. The maximum Gasteiger partial charge on any atom is 0.292 e. The number of hydrogen-bond donors (Lipinski definition) is 2. The van der Waals surface area contributed by atoms with Crippen molar-refractivity contribution in [3.05, 3.63) is 56.5 Å². The second kappa shape index (κ2) is 9.77. The lowest BCUT2D eigenvalue weighted by atomic mass is 10.2. The fourth-order valence-electron chi connectivity index (χ4n) is 2.39. The van der Waals surface area contributed by atoms with Crippen LogP contribution in [0.4, 0.5) is 11.4 Å². The molecule has 0 aromatic heterocycles. The van der Waals surface area contributed by atoms with Gasteiger partial charge in [0.2, 0.25) is 0 Å². The second-order valence-corrected chi connectivity index (χ2v) is 6.23. The van der Waals surface area contributed by atoms with E-state index >= 15 is 0 Å². The molecule has 9 heteroatoms. The van der Waals surface area contributed by atoms with Gasteiger partial charge in [-0.2, -0.15) is 0 Å². The average Bonchev–Trinajstić information content (AvgIpc) is 2.66. The van der Waals surface area contributed by atoms with Crippen LogP contribution in [0.2, 0.25) is 0 Å². The first-order valence-corrected chi connectivity index (χ1v) is 9.03. The maximum absolute atomic E-state index is 12.4. The molecular formula is C18H20BrN3O5. The molecule has 0 aliphatic rings. The van der Waals surface area contributed by atoms with E-state index in [1.807, 2.05) is 6.92 Å². The maximum atomic E-state index is 12.4. The van der Waals surface area contributed by atoms with Gasteiger partial charge in [-0.25, -0.2) is 0 Å². The Bertz CT molecular complexity index is 829. The van der Waals surface area contributed by atoms with Gasteiger partial charge in [-0.3, -0.25) is 14.9 Å². The monoisotopic (exact) mass is 437 g/mol. The number of hydrogen-bond acceptors (Lipinski definition) is 6. The van der Waals surface area contributed by atoms with Crippen molar-refractivity contribution in [1.82, 2.24) is 5.32 Å². The highest BCUT2D eigenvalue weighted by Crippen LogP contribution is 2.36. The molecule has 2 N–H and O–H groups in total. The molecule has 0 aliphatic heterocycles. The molecule has 2 aromatic carbocycles. The van der Waals surface area contributed by atoms with E-state index in [-0.39, 0.29) is 18.1 Å². The Morgan fingerprint density at radius 3 is 2.67 bits per heavy atom. The molecule has 2 rings (SSSR count). The predicted molar refractivity (Wildman–Crippen MR) is 106 cm³/mol. The Labute approximate surface area is 165 Å². The minimum absolute atomic E-state index is 0.0102. The van der Waals surface area contributed by atoms with Crippen LogP contribution in [0.3, 0.4) is 0 Å². The smallest absolute Gasteiger partial charge is 0.292 e. The molecule has 0 atom stereocenters. The van der Waals surface area contributed by atoms with Crippen LogP contribution < -0.4 is 20.1 Å². The van der Waals surface area contributed by atoms with Crippen LogP contribution in [-0.4, -0.2) is 37.6 Å². The third-order valence-electron chi connectivity index (χ3n) is 3.61. The van der Waals surface area contributed by atoms with Crippen LogP contribution >= 0.6 is 15.9 Å². The molecule has 0 radical (unpaired) electrons. The van der Waals surface area contributed by atoms with Crippen LogP contribution in [0.1, 0.15) is 17.3 Å². The number of ether oxygens (including phenoxy) is 2. The number of benzene rings is 2. The van der Waals surface area contributed by atoms with Gasteiger partial charge in [-0.05, 0) is 41.1 Å². The fraction of sp³-hybridized carbons (Fsp3) is 0.278. The van der Waals surface area contributed by atoms with Gasteiger partial charge in [-0.15, -0.1) is 0 Å². The normalized spacial score (nSPS) is 10.2. The van der Waals surface area contributed by atoms with Gasteiger partial charge >= 0.3 is 0 Å². The van der Waals surface area contributed by atoms with E-state index in [0.29, 0.717) is 40.4 Å². The van der Waals surface area contributed by atoms with Crippen molar-refractivity contribution in [2.75, 3.05) is 32.1 Å². The topological polar surface area (TPSA) is 103 Å². The SMILES string of the molecule is CCOc1c(Br)cc(C(=O)NCCNc2ccccc2[N+](=O)[O-])cc1OC. The van der Waals surface area contributed by atoms with Gasteiger partial charge < -0.3 is 20.1 Å². The van der Waals surface area contributed by atoms with E-state index in [1.54, 1.807) is 30.3 Å². The van der Waals surface area contributed by atoms with Crippen LogP contribution in [0, 0.1) is 10.1 Å². The number of halogens is 1. The number of methoxy groups -OCH3 is 1. The molecule has 0 fully saturated rings. The Balaban J connectivity index is 1.97. The molecule has 0 unspecified atom stereocenters. The number of carbonyl (C=O) groups is 1. The molecule has 1 amide bonds. The molecular weight excluding hydrogens is 418 g/mol. The molecule has 144 valence electrons. The van der Waals surface area contributed by atoms with E-state index in [0.717, 1.165) is 0 Å². The van der Waals surface area contributed by atoms with Crippen LogP contribution in [0.25, 0.3) is 0 Å². The number of nitro groups is 1. The molecule has 8 nitrogen and oxygen atoms in total. The lowest BCUT2D eigenvalue weighted by Gasteiger charge is -2.13. The minimum Gasteiger partial charge on any atom is -0.493 e. The van der Waals surface area contributed by atoms with Gasteiger partial charge in [0.05, 0.1) is 23.1 Å². The highest BCUT2D eigenvalue weighted by molar-refractivity contribution is 9.10. The van der Waals surface area contributed by atoms with Crippen molar-refractivity contribution >= 4 is 33.2 Å². The first kappa shape index (κ1) is 20.5. The van der Waals surface area contributed by atoms with Crippen molar-refractivity contribution in [1.29, 1.82) is 0 Å². The Morgan fingerprint density at radius 2 is 2.00 bits per heavy atom. The molecule has 0 bridgehead atoms. The van der Waals surface area contributed by atoms with Gasteiger partial charge in [0.25, 0.3) is 11.6 Å². The average molecular weight is 438 g/mol. The summed E-state index contributed by atoms with van der Waals surface area (Å²) < 4.78 is 11.4. The molecule has 0 heterocycles. The summed E-state index contributed by atoms with van der Waals surface area (Å²) in [6.07, 6.45) is 0. The summed E-state index contributed by atoms with van der Waals surface area (Å²) in [5.41, 5.74) is 0.805. The fourth-order valence-corrected chi connectivity index (χ4v) is 2.95. The Hall–Kier alpha value is -2.81. The summed E-state index contributed by atoms with van der Waals surface area (Å²) in [7, 11) is 1.50.